The third-order valence-corrected chi connectivity index (χ3v) is 3.91. The summed E-state index contributed by atoms with van der Waals surface area (Å²) in [4.78, 5) is 12.4. The number of allylic oxidation sites excluding steroid dienone is 1. The van der Waals surface area contributed by atoms with Gasteiger partial charge >= 0.3 is 0 Å². The summed E-state index contributed by atoms with van der Waals surface area (Å²) >= 11 is 0. The molecule has 96 valence electrons. The Bertz CT molecular complexity index is 450. The van der Waals surface area contributed by atoms with E-state index >= 15 is 0 Å². The van der Waals surface area contributed by atoms with Crippen LogP contribution in [0.5, 0.6) is 5.75 Å². The van der Waals surface area contributed by atoms with E-state index in [9.17, 15) is 4.79 Å². The van der Waals surface area contributed by atoms with Gasteiger partial charge in [0, 0.05) is 6.42 Å². The maximum atomic E-state index is 12.4. The van der Waals surface area contributed by atoms with E-state index in [-0.39, 0.29) is 5.41 Å². The van der Waals surface area contributed by atoms with E-state index in [1.54, 1.807) is 7.11 Å². The zero-order valence-corrected chi connectivity index (χ0v) is 10.9. The summed E-state index contributed by atoms with van der Waals surface area (Å²) in [6.07, 6.45) is 6.32. The second-order valence-electron chi connectivity index (χ2n) is 4.94. The van der Waals surface area contributed by atoms with Crippen molar-refractivity contribution in [1.29, 1.82) is 0 Å². The smallest absolute Gasteiger partial charge is 0.143 e. The largest absolute Gasteiger partial charge is 0.497 e. The highest BCUT2D eigenvalue weighted by Gasteiger charge is 2.40. The first-order valence-corrected chi connectivity index (χ1v) is 6.52. The van der Waals surface area contributed by atoms with Gasteiger partial charge in [-0.1, -0.05) is 24.6 Å². The molecule has 1 atom stereocenters. The highest BCUT2D eigenvalue weighted by Crippen LogP contribution is 2.40. The third-order valence-electron chi connectivity index (χ3n) is 3.91. The van der Waals surface area contributed by atoms with E-state index in [4.69, 9.17) is 4.74 Å². The number of hydrogen-bond donors (Lipinski definition) is 0. The molecule has 0 bridgehead atoms. The molecule has 1 aromatic carbocycles. The molecule has 2 nitrogen and oxygen atoms in total. The average molecular weight is 244 g/mol. The average Bonchev–Trinajstić information content (AvgIpc) is 2.42. The Morgan fingerprint density at radius 2 is 2.28 bits per heavy atom. The molecule has 0 N–H and O–H groups in total. The molecule has 2 rings (SSSR count). The lowest BCUT2D eigenvalue weighted by molar-refractivity contribution is -0.126. The predicted molar refractivity (Wildman–Crippen MR) is 73.0 cm³/mol. The number of rotatable bonds is 4. The van der Waals surface area contributed by atoms with Crippen LogP contribution >= 0.6 is 0 Å². The second-order valence-corrected chi connectivity index (χ2v) is 4.94. The Morgan fingerprint density at radius 1 is 1.44 bits per heavy atom. The number of hydrogen-bond acceptors (Lipinski definition) is 2. The number of ether oxygens (including phenoxy) is 1. The van der Waals surface area contributed by atoms with Crippen molar-refractivity contribution >= 4 is 5.78 Å². The molecule has 1 fully saturated rings. The molecule has 0 amide bonds. The summed E-state index contributed by atoms with van der Waals surface area (Å²) in [6, 6.07) is 7.90. The molecule has 18 heavy (non-hydrogen) atoms. The van der Waals surface area contributed by atoms with Crippen LogP contribution in [-0.2, 0) is 10.2 Å². The molecule has 0 aromatic heterocycles. The van der Waals surface area contributed by atoms with E-state index in [2.05, 4.69) is 6.58 Å². The van der Waals surface area contributed by atoms with Crippen LogP contribution in [0.4, 0.5) is 0 Å². The lowest BCUT2D eigenvalue weighted by atomic mass is 9.66. The maximum absolute atomic E-state index is 12.4. The van der Waals surface area contributed by atoms with Crippen LogP contribution in [0, 0.1) is 0 Å². The lowest BCUT2D eigenvalue weighted by Crippen LogP contribution is -2.38. The van der Waals surface area contributed by atoms with Crippen molar-refractivity contribution in [3.63, 3.8) is 0 Å². The van der Waals surface area contributed by atoms with Crippen LogP contribution in [0.25, 0.3) is 0 Å². The SMILES string of the molecule is C=CCC1(c2cccc(OC)c2)CCCCC1=O. The van der Waals surface area contributed by atoms with Gasteiger partial charge in [0.15, 0.2) is 0 Å². The zero-order valence-electron chi connectivity index (χ0n) is 10.9. The van der Waals surface area contributed by atoms with Crippen molar-refractivity contribution in [3.05, 3.63) is 42.5 Å². The molecule has 2 heteroatoms. The van der Waals surface area contributed by atoms with E-state index in [0.29, 0.717) is 12.2 Å². The number of Topliss-reactive ketones (excluding diaryl/α,β-unsaturated/α-hetero) is 1. The van der Waals surface area contributed by atoms with Crippen molar-refractivity contribution in [1.82, 2.24) is 0 Å². The number of carbonyl (C=O) groups is 1. The van der Waals surface area contributed by atoms with Crippen molar-refractivity contribution in [3.8, 4) is 5.75 Å². The van der Waals surface area contributed by atoms with Crippen molar-refractivity contribution in [2.75, 3.05) is 7.11 Å². The Kier molecular flexibility index (Phi) is 3.85. The minimum absolute atomic E-state index is 0.349. The zero-order chi connectivity index (χ0) is 13.0. The summed E-state index contributed by atoms with van der Waals surface area (Å²) in [5, 5.41) is 0. The molecular weight excluding hydrogens is 224 g/mol. The summed E-state index contributed by atoms with van der Waals surface area (Å²) in [6.45, 7) is 3.82. The van der Waals surface area contributed by atoms with Crippen LogP contribution in [0.15, 0.2) is 36.9 Å². The second kappa shape index (κ2) is 5.38. The molecule has 1 aliphatic carbocycles. The Balaban J connectivity index is 2.44. The summed E-state index contributed by atoms with van der Waals surface area (Å²) in [7, 11) is 1.65. The van der Waals surface area contributed by atoms with Gasteiger partial charge in [-0.25, -0.2) is 0 Å². The Hall–Kier alpha value is -1.57. The maximum Gasteiger partial charge on any atom is 0.143 e. The number of methoxy groups -OCH3 is 1. The minimum Gasteiger partial charge on any atom is -0.497 e. The van der Waals surface area contributed by atoms with Crippen LogP contribution in [0.1, 0.15) is 37.7 Å². The highest BCUT2D eigenvalue weighted by atomic mass is 16.5. The molecule has 1 unspecified atom stereocenters. The van der Waals surface area contributed by atoms with Gasteiger partial charge in [0.2, 0.25) is 0 Å². The highest BCUT2D eigenvalue weighted by molar-refractivity contribution is 5.91. The van der Waals surface area contributed by atoms with Crippen molar-refractivity contribution in [2.24, 2.45) is 0 Å². The summed E-state index contributed by atoms with van der Waals surface area (Å²) in [5.74, 6) is 1.16. The fourth-order valence-corrected chi connectivity index (χ4v) is 2.90. The van der Waals surface area contributed by atoms with Gasteiger partial charge in [0.25, 0.3) is 0 Å². The van der Waals surface area contributed by atoms with Crippen LogP contribution < -0.4 is 4.74 Å². The number of carbonyl (C=O) groups excluding carboxylic acids is 1. The van der Waals surface area contributed by atoms with Gasteiger partial charge in [0.05, 0.1) is 12.5 Å². The first-order chi connectivity index (χ1) is 8.73. The van der Waals surface area contributed by atoms with Crippen LogP contribution in [-0.4, -0.2) is 12.9 Å². The predicted octanol–water partition coefficient (Wildman–Crippen LogP) is 3.65. The van der Waals surface area contributed by atoms with Crippen LogP contribution in [0.3, 0.4) is 0 Å². The molecule has 0 radical (unpaired) electrons. The normalized spacial score (nSPS) is 23.7. The molecule has 1 aliphatic rings. The molecule has 0 heterocycles. The van der Waals surface area contributed by atoms with E-state index in [0.717, 1.165) is 37.0 Å². The van der Waals surface area contributed by atoms with Gasteiger partial charge in [-0.15, -0.1) is 6.58 Å². The fraction of sp³-hybridized carbons (Fsp3) is 0.438. The third kappa shape index (κ3) is 2.20. The molecule has 1 aromatic rings. The van der Waals surface area contributed by atoms with Gasteiger partial charge in [-0.05, 0) is 37.0 Å². The molecule has 0 aliphatic heterocycles. The quantitative estimate of drug-likeness (QED) is 0.756. The minimum atomic E-state index is -0.367. The molecule has 1 saturated carbocycles. The Labute approximate surface area is 109 Å². The van der Waals surface area contributed by atoms with Crippen molar-refractivity contribution < 1.29 is 9.53 Å². The molecular formula is C16H20O2. The van der Waals surface area contributed by atoms with Crippen LogP contribution in [0.2, 0.25) is 0 Å². The van der Waals surface area contributed by atoms with E-state index in [1.807, 2.05) is 30.3 Å². The van der Waals surface area contributed by atoms with E-state index in [1.165, 1.54) is 0 Å². The first kappa shape index (κ1) is 12.9. The van der Waals surface area contributed by atoms with Gasteiger partial charge in [-0.3, -0.25) is 4.79 Å². The van der Waals surface area contributed by atoms with Gasteiger partial charge in [-0.2, -0.15) is 0 Å². The van der Waals surface area contributed by atoms with Gasteiger partial charge < -0.3 is 4.74 Å². The van der Waals surface area contributed by atoms with E-state index < -0.39 is 0 Å². The fourth-order valence-electron chi connectivity index (χ4n) is 2.90. The lowest BCUT2D eigenvalue weighted by Gasteiger charge is -2.35. The first-order valence-electron chi connectivity index (χ1n) is 6.52. The molecule has 0 spiro atoms. The number of ketones is 1. The van der Waals surface area contributed by atoms with Crippen molar-refractivity contribution in [2.45, 2.75) is 37.5 Å². The summed E-state index contributed by atoms with van der Waals surface area (Å²) in [5.41, 5.74) is 0.709. The number of benzene rings is 1. The monoisotopic (exact) mass is 244 g/mol. The van der Waals surface area contributed by atoms with Gasteiger partial charge in [0.1, 0.15) is 11.5 Å². The summed E-state index contributed by atoms with van der Waals surface area (Å²) < 4.78 is 5.27. The Morgan fingerprint density at radius 3 is 2.94 bits per heavy atom. The molecule has 0 saturated heterocycles. The topological polar surface area (TPSA) is 26.3 Å². The standard InChI is InChI=1S/C16H20O2/c1-3-10-16(11-5-4-9-15(16)17)13-7-6-8-14(12-13)18-2/h3,6-8,12H,1,4-5,9-11H2,2H3.